The van der Waals surface area contributed by atoms with E-state index < -0.39 is 0 Å². The van der Waals surface area contributed by atoms with Gasteiger partial charge in [0.1, 0.15) is 0 Å². The summed E-state index contributed by atoms with van der Waals surface area (Å²) in [5.74, 6) is 0. The summed E-state index contributed by atoms with van der Waals surface area (Å²) in [6, 6.07) is 73.8. The molecule has 1 aliphatic rings. The number of anilines is 3. The third-order valence-corrected chi connectivity index (χ3v) is 13.2. The van der Waals surface area contributed by atoms with Crippen LogP contribution in [-0.4, -0.2) is 0 Å². The van der Waals surface area contributed by atoms with Crippen molar-refractivity contribution in [2.24, 2.45) is 0 Å². The topological polar surface area (TPSA) is 3.24 Å². The number of fused-ring (bicyclic) bond motifs is 7. The summed E-state index contributed by atoms with van der Waals surface area (Å²) in [5.41, 5.74) is 16.2. The van der Waals surface area contributed by atoms with Crippen LogP contribution in [0.25, 0.3) is 75.5 Å². The van der Waals surface area contributed by atoms with Crippen LogP contribution in [-0.2, 0) is 5.41 Å². The normalized spacial score (nSPS) is 12.9. The zero-order valence-corrected chi connectivity index (χ0v) is 32.7. The Morgan fingerprint density at radius 3 is 1.72 bits per heavy atom. The minimum absolute atomic E-state index is 0.0444. The Balaban J connectivity index is 1.08. The standard InChI is InChI=1S/C55H39NS/c1-55(2)48-23-8-5-18-46(48)53-43(21-12-24-49(53)55)38-30-34-40(35-31-38)56(39-32-28-37(29-33-39)42-20-11-15-36-14-3-4-16-41(36)42)50-25-9-6-17-44(50)45-22-13-27-52-54(45)47-19-7-10-26-51(47)57-52/h3-35H,1-2H3. The molecular weight excluding hydrogens is 707 g/mol. The zero-order valence-electron chi connectivity index (χ0n) is 31.9. The van der Waals surface area contributed by atoms with Gasteiger partial charge in [0, 0.05) is 42.5 Å². The lowest BCUT2D eigenvalue weighted by atomic mass is 9.82. The van der Waals surface area contributed by atoms with Gasteiger partial charge >= 0.3 is 0 Å². The van der Waals surface area contributed by atoms with Crippen molar-refractivity contribution in [2.45, 2.75) is 19.3 Å². The summed E-state index contributed by atoms with van der Waals surface area (Å²) in [5, 5.41) is 5.13. The van der Waals surface area contributed by atoms with E-state index in [1.54, 1.807) is 0 Å². The fraction of sp³-hybridized carbons (Fsp3) is 0.0545. The van der Waals surface area contributed by atoms with Gasteiger partial charge in [-0.1, -0.05) is 172 Å². The van der Waals surface area contributed by atoms with Crippen molar-refractivity contribution in [1.82, 2.24) is 0 Å². The lowest BCUT2D eigenvalue weighted by Crippen LogP contribution is -2.14. The number of thiophene rings is 1. The predicted octanol–water partition coefficient (Wildman–Crippen LogP) is 16.0. The molecule has 0 atom stereocenters. The average molecular weight is 746 g/mol. The smallest absolute Gasteiger partial charge is 0.0540 e. The van der Waals surface area contributed by atoms with Crippen LogP contribution in [0.1, 0.15) is 25.0 Å². The minimum Gasteiger partial charge on any atom is -0.310 e. The van der Waals surface area contributed by atoms with Gasteiger partial charge in [-0.15, -0.1) is 11.3 Å². The van der Waals surface area contributed by atoms with E-state index in [0.29, 0.717) is 0 Å². The van der Waals surface area contributed by atoms with E-state index in [9.17, 15) is 0 Å². The summed E-state index contributed by atoms with van der Waals surface area (Å²) in [7, 11) is 0. The maximum atomic E-state index is 2.44. The molecule has 57 heavy (non-hydrogen) atoms. The van der Waals surface area contributed by atoms with E-state index in [0.717, 1.165) is 17.1 Å². The number of rotatable bonds is 6. The SMILES string of the molecule is CC1(C)c2ccccc2-c2c(-c3ccc(N(c4ccc(-c5cccc6ccccc56)cc4)c4ccccc4-c4cccc5sc6ccccc6c45)cc3)cccc21. The van der Waals surface area contributed by atoms with Crippen LogP contribution >= 0.6 is 11.3 Å². The fourth-order valence-corrected chi connectivity index (χ4v) is 10.5. The third kappa shape index (κ3) is 5.36. The monoisotopic (exact) mass is 745 g/mol. The van der Waals surface area contributed by atoms with E-state index in [4.69, 9.17) is 0 Å². The van der Waals surface area contributed by atoms with Gasteiger partial charge in [0.2, 0.25) is 0 Å². The van der Waals surface area contributed by atoms with Crippen LogP contribution in [0.5, 0.6) is 0 Å². The molecule has 0 fully saturated rings. The van der Waals surface area contributed by atoms with Crippen molar-refractivity contribution in [3.8, 4) is 44.5 Å². The fourth-order valence-electron chi connectivity index (χ4n) is 9.38. The molecule has 0 N–H and O–H groups in total. The number of hydrogen-bond acceptors (Lipinski definition) is 2. The summed E-state index contributed by atoms with van der Waals surface area (Å²) in [4.78, 5) is 2.44. The highest BCUT2D eigenvalue weighted by Gasteiger charge is 2.36. The molecule has 0 saturated heterocycles. The third-order valence-electron chi connectivity index (χ3n) is 12.1. The molecule has 270 valence electrons. The molecule has 10 aromatic rings. The Hall–Kier alpha value is -6.74. The van der Waals surface area contributed by atoms with Crippen molar-refractivity contribution in [2.75, 3.05) is 4.90 Å². The lowest BCUT2D eigenvalue weighted by Gasteiger charge is -2.28. The van der Waals surface area contributed by atoms with Gasteiger partial charge in [0.25, 0.3) is 0 Å². The van der Waals surface area contributed by atoms with Crippen molar-refractivity contribution in [3.05, 3.63) is 211 Å². The highest BCUT2D eigenvalue weighted by atomic mass is 32.1. The molecule has 11 rings (SSSR count). The summed E-state index contributed by atoms with van der Waals surface area (Å²) in [6.45, 7) is 4.70. The molecule has 1 nitrogen and oxygen atoms in total. The molecule has 0 saturated carbocycles. The summed E-state index contributed by atoms with van der Waals surface area (Å²) in [6.07, 6.45) is 0. The van der Waals surface area contributed by atoms with Gasteiger partial charge in [0.15, 0.2) is 0 Å². The molecule has 0 unspecified atom stereocenters. The van der Waals surface area contributed by atoms with Gasteiger partial charge in [-0.25, -0.2) is 0 Å². The van der Waals surface area contributed by atoms with Crippen molar-refractivity contribution < 1.29 is 0 Å². The second-order valence-corrected chi connectivity index (χ2v) is 16.7. The molecule has 0 amide bonds. The largest absolute Gasteiger partial charge is 0.310 e. The Morgan fingerprint density at radius 1 is 0.386 bits per heavy atom. The molecule has 1 aliphatic carbocycles. The van der Waals surface area contributed by atoms with Crippen LogP contribution < -0.4 is 4.90 Å². The van der Waals surface area contributed by atoms with E-state index in [2.05, 4.69) is 219 Å². The molecule has 0 radical (unpaired) electrons. The lowest BCUT2D eigenvalue weighted by molar-refractivity contribution is 0.660. The quantitative estimate of drug-likeness (QED) is 0.164. The van der Waals surface area contributed by atoms with Crippen LogP contribution in [0, 0.1) is 0 Å². The number of nitrogens with zero attached hydrogens (tertiary/aromatic N) is 1. The Bertz CT molecular complexity index is 3140. The number of benzene rings is 9. The highest BCUT2D eigenvalue weighted by molar-refractivity contribution is 7.25. The average Bonchev–Trinajstić information content (AvgIpc) is 3.76. The Morgan fingerprint density at radius 2 is 0.912 bits per heavy atom. The van der Waals surface area contributed by atoms with E-state index in [1.165, 1.54) is 86.6 Å². The molecule has 0 spiro atoms. The van der Waals surface area contributed by atoms with Crippen LogP contribution in [0.3, 0.4) is 0 Å². The summed E-state index contributed by atoms with van der Waals surface area (Å²) < 4.78 is 2.62. The van der Waals surface area contributed by atoms with E-state index in [-0.39, 0.29) is 5.41 Å². The first-order valence-electron chi connectivity index (χ1n) is 19.8. The molecular formula is C55H39NS. The molecule has 0 bridgehead atoms. The second-order valence-electron chi connectivity index (χ2n) is 15.6. The minimum atomic E-state index is -0.0444. The molecule has 9 aromatic carbocycles. The Labute approximate surface area is 337 Å². The first kappa shape index (κ1) is 33.6. The first-order chi connectivity index (χ1) is 28.0. The van der Waals surface area contributed by atoms with Crippen LogP contribution in [0.2, 0.25) is 0 Å². The van der Waals surface area contributed by atoms with E-state index in [1.807, 2.05) is 11.3 Å². The zero-order chi connectivity index (χ0) is 38.1. The van der Waals surface area contributed by atoms with E-state index >= 15 is 0 Å². The van der Waals surface area contributed by atoms with Crippen molar-refractivity contribution in [3.63, 3.8) is 0 Å². The maximum absolute atomic E-state index is 2.44. The molecule has 2 heteroatoms. The summed E-state index contributed by atoms with van der Waals surface area (Å²) >= 11 is 1.87. The van der Waals surface area contributed by atoms with Gasteiger partial charge in [-0.2, -0.15) is 0 Å². The van der Waals surface area contributed by atoms with Crippen LogP contribution in [0.4, 0.5) is 17.1 Å². The second kappa shape index (κ2) is 13.2. The Kier molecular flexibility index (Phi) is 7.77. The van der Waals surface area contributed by atoms with Crippen molar-refractivity contribution >= 4 is 59.3 Å². The molecule has 1 heterocycles. The number of hydrogen-bond donors (Lipinski definition) is 0. The van der Waals surface area contributed by atoms with Gasteiger partial charge in [0.05, 0.1) is 5.69 Å². The van der Waals surface area contributed by atoms with Gasteiger partial charge in [-0.05, 0) is 103 Å². The predicted molar refractivity (Wildman–Crippen MR) is 245 cm³/mol. The highest BCUT2D eigenvalue weighted by Crippen LogP contribution is 2.52. The van der Waals surface area contributed by atoms with Gasteiger partial charge in [-0.3, -0.25) is 0 Å². The molecule has 0 aliphatic heterocycles. The number of para-hydroxylation sites is 1. The van der Waals surface area contributed by atoms with Crippen molar-refractivity contribution in [1.29, 1.82) is 0 Å². The molecule has 1 aromatic heterocycles. The maximum Gasteiger partial charge on any atom is 0.0540 e. The van der Waals surface area contributed by atoms with Crippen LogP contribution in [0.15, 0.2) is 200 Å². The first-order valence-corrected chi connectivity index (χ1v) is 20.6. The van der Waals surface area contributed by atoms with Gasteiger partial charge < -0.3 is 4.90 Å².